The van der Waals surface area contributed by atoms with Crippen molar-refractivity contribution in [3.63, 3.8) is 0 Å². The molecule has 0 amide bonds. The minimum Gasteiger partial charge on any atom is -0.487 e. The summed E-state index contributed by atoms with van der Waals surface area (Å²) in [6.45, 7) is 1.95. The van der Waals surface area contributed by atoms with E-state index in [1.165, 1.54) is 23.0 Å². The molecule has 1 N–H and O–H groups in total. The van der Waals surface area contributed by atoms with Crippen molar-refractivity contribution in [2.75, 3.05) is 32.1 Å². The average Bonchev–Trinajstić information content (AvgIpc) is 3.25. The molecule has 1 aliphatic rings. The van der Waals surface area contributed by atoms with Gasteiger partial charge >= 0.3 is 0 Å². The van der Waals surface area contributed by atoms with Gasteiger partial charge in [-0.1, -0.05) is 11.6 Å². The van der Waals surface area contributed by atoms with Gasteiger partial charge in [-0.2, -0.15) is 0 Å². The minimum absolute atomic E-state index is 0.208. The van der Waals surface area contributed by atoms with Crippen molar-refractivity contribution in [3.05, 3.63) is 80.2 Å². The van der Waals surface area contributed by atoms with Crippen molar-refractivity contribution >= 4 is 17.4 Å². The molecule has 0 aliphatic carbocycles. The van der Waals surface area contributed by atoms with Gasteiger partial charge in [0, 0.05) is 37.6 Å². The Morgan fingerprint density at radius 3 is 2.71 bits per heavy atom. The van der Waals surface area contributed by atoms with Crippen molar-refractivity contribution in [3.8, 4) is 11.4 Å². The Morgan fingerprint density at radius 2 is 2.06 bits per heavy atom. The molecule has 1 fully saturated rings. The first-order valence-corrected chi connectivity index (χ1v) is 10.4. The first kappa shape index (κ1) is 21.1. The van der Waals surface area contributed by atoms with E-state index in [0.717, 1.165) is 25.3 Å². The van der Waals surface area contributed by atoms with E-state index in [4.69, 9.17) is 16.3 Å². The highest BCUT2D eigenvalue weighted by Crippen LogP contribution is 2.20. The minimum atomic E-state index is -0.353. The van der Waals surface area contributed by atoms with Gasteiger partial charge in [0.2, 0.25) is 0 Å². The Bertz CT molecular complexity index is 1170. The summed E-state index contributed by atoms with van der Waals surface area (Å²) in [4.78, 5) is 36.7. The third-order valence-electron chi connectivity index (χ3n) is 5.43. The van der Waals surface area contributed by atoms with Crippen LogP contribution in [0.25, 0.3) is 5.69 Å². The summed E-state index contributed by atoms with van der Waals surface area (Å²) in [6.07, 6.45) is 4.12. The zero-order valence-electron chi connectivity index (χ0n) is 17.4. The van der Waals surface area contributed by atoms with Crippen molar-refractivity contribution in [2.24, 2.45) is 0 Å². The molecule has 0 saturated carbocycles. The molecular weight excluding hydrogens is 418 g/mol. The number of likely N-dealkylation sites (N-methyl/N-ethyl adjacent to an activating group) is 1. The number of hydrogen-bond donors (Lipinski definition) is 1. The first-order valence-electron chi connectivity index (χ1n) is 10.0. The lowest BCUT2D eigenvalue weighted by molar-refractivity contribution is 0.300. The lowest BCUT2D eigenvalue weighted by Crippen LogP contribution is -2.32. The van der Waals surface area contributed by atoms with Gasteiger partial charge in [0.25, 0.3) is 11.1 Å². The number of nitrogens with one attached hydrogen (secondary N) is 1. The summed E-state index contributed by atoms with van der Waals surface area (Å²) in [6, 6.07) is 10.5. The largest absolute Gasteiger partial charge is 0.487 e. The maximum atomic E-state index is 12.7. The average molecular weight is 442 g/mol. The van der Waals surface area contributed by atoms with Gasteiger partial charge < -0.3 is 19.5 Å². The number of H-pyrrole nitrogens is 1. The second-order valence-corrected chi connectivity index (χ2v) is 8.17. The SMILES string of the molecule is CN(C)C1CCN(c2ccc(-n3ccc(OCc4ccc(Cl)cn4)cc3=O)c(=O)[nH]2)C1. The summed E-state index contributed by atoms with van der Waals surface area (Å²) in [7, 11) is 4.12. The summed E-state index contributed by atoms with van der Waals surface area (Å²) in [5.74, 6) is 1.17. The molecule has 162 valence electrons. The number of aromatic amines is 1. The molecule has 1 aliphatic heterocycles. The van der Waals surface area contributed by atoms with Gasteiger partial charge in [0.15, 0.2) is 0 Å². The number of hydrogen-bond acceptors (Lipinski definition) is 6. The normalized spacial score (nSPS) is 16.1. The zero-order valence-corrected chi connectivity index (χ0v) is 18.2. The predicted octanol–water partition coefficient (Wildman–Crippen LogP) is 2.29. The van der Waals surface area contributed by atoms with E-state index >= 15 is 0 Å². The molecule has 4 heterocycles. The summed E-state index contributed by atoms with van der Waals surface area (Å²) in [5, 5.41) is 0.546. The van der Waals surface area contributed by atoms with Crippen LogP contribution in [0.2, 0.25) is 5.02 Å². The van der Waals surface area contributed by atoms with Crippen molar-refractivity contribution in [2.45, 2.75) is 19.1 Å². The Hall–Kier alpha value is -3.10. The number of aromatic nitrogens is 3. The smallest absolute Gasteiger partial charge is 0.273 e. The molecule has 31 heavy (non-hydrogen) atoms. The fourth-order valence-corrected chi connectivity index (χ4v) is 3.72. The molecule has 1 unspecified atom stereocenters. The van der Waals surface area contributed by atoms with Crippen LogP contribution in [-0.4, -0.2) is 52.7 Å². The van der Waals surface area contributed by atoms with E-state index in [0.29, 0.717) is 22.5 Å². The predicted molar refractivity (Wildman–Crippen MR) is 121 cm³/mol. The van der Waals surface area contributed by atoms with Crippen LogP contribution in [0.3, 0.4) is 0 Å². The molecular formula is C22H24ClN5O3. The Balaban J connectivity index is 1.48. The Kier molecular flexibility index (Phi) is 6.11. The van der Waals surface area contributed by atoms with Gasteiger partial charge in [0.05, 0.1) is 10.7 Å². The van der Waals surface area contributed by atoms with Crippen LogP contribution < -0.4 is 20.8 Å². The van der Waals surface area contributed by atoms with E-state index in [1.54, 1.807) is 24.3 Å². The van der Waals surface area contributed by atoms with Crippen molar-refractivity contribution in [1.29, 1.82) is 0 Å². The van der Waals surface area contributed by atoms with E-state index in [2.05, 4.69) is 33.9 Å². The molecule has 1 atom stereocenters. The third-order valence-corrected chi connectivity index (χ3v) is 5.66. The first-order chi connectivity index (χ1) is 14.9. The van der Waals surface area contributed by atoms with Crippen LogP contribution in [-0.2, 0) is 6.61 Å². The molecule has 0 bridgehead atoms. The molecule has 3 aromatic heterocycles. The summed E-state index contributed by atoms with van der Waals surface area (Å²) in [5.41, 5.74) is 0.294. The molecule has 0 aromatic carbocycles. The number of anilines is 1. The highest BCUT2D eigenvalue weighted by Gasteiger charge is 2.24. The second-order valence-electron chi connectivity index (χ2n) is 7.74. The fourth-order valence-electron chi connectivity index (χ4n) is 3.61. The lowest BCUT2D eigenvalue weighted by Gasteiger charge is -2.21. The fraction of sp³-hybridized carbons (Fsp3) is 0.318. The van der Waals surface area contributed by atoms with Gasteiger partial charge in [-0.3, -0.25) is 19.1 Å². The maximum absolute atomic E-state index is 12.7. The van der Waals surface area contributed by atoms with Crippen LogP contribution in [0.15, 0.2) is 58.4 Å². The quantitative estimate of drug-likeness (QED) is 0.632. The van der Waals surface area contributed by atoms with Crippen LogP contribution in [0.4, 0.5) is 5.82 Å². The van der Waals surface area contributed by atoms with Crippen LogP contribution in [0.1, 0.15) is 12.1 Å². The second kappa shape index (κ2) is 8.95. The van der Waals surface area contributed by atoms with Crippen LogP contribution >= 0.6 is 11.6 Å². The molecule has 1 saturated heterocycles. The van der Waals surface area contributed by atoms with Gasteiger partial charge in [-0.25, -0.2) is 0 Å². The molecule has 0 radical (unpaired) electrons. The van der Waals surface area contributed by atoms with Gasteiger partial charge in [-0.15, -0.1) is 0 Å². The summed E-state index contributed by atoms with van der Waals surface area (Å²) >= 11 is 5.82. The number of halogens is 1. The van der Waals surface area contributed by atoms with Gasteiger partial charge in [-0.05, 0) is 50.8 Å². The van der Waals surface area contributed by atoms with Crippen molar-refractivity contribution in [1.82, 2.24) is 19.4 Å². The third kappa shape index (κ3) is 4.81. The number of nitrogens with zero attached hydrogens (tertiary/aromatic N) is 4. The molecule has 4 rings (SSSR count). The maximum Gasteiger partial charge on any atom is 0.273 e. The standard InChI is InChI=1S/C22H24ClN5O3/c1-26(2)17-7-9-27(13-17)20-6-5-19(22(30)25-20)28-10-8-18(11-21(28)29)31-14-16-4-3-15(23)12-24-16/h3-6,8,10-12,17H,7,9,13-14H2,1-2H3,(H,25,30). The molecule has 8 nitrogen and oxygen atoms in total. The topological polar surface area (TPSA) is 83.5 Å². The van der Waals surface area contributed by atoms with Crippen LogP contribution in [0.5, 0.6) is 5.75 Å². The zero-order chi connectivity index (χ0) is 22.0. The highest BCUT2D eigenvalue weighted by molar-refractivity contribution is 6.30. The van der Waals surface area contributed by atoms with E-state index in [-0.39, 0.29) is 23.4 Å². The lowest BCUT2D eigenvalue weighted by atomic mass is 10.2. The Morgan fingerprint density at radius 1 is 1.23 bits per heavy atom. The summed E-state index contributed by atoms with van der Waals surface area (Å²) < 4.78 is 6.94. The number of pyridine rings is 3. The van der Waals surface area contributed by atoms with E-state index in [1.807, 2.05) is 6.07 Å². The number of rotatable bonds is 6. The molecule has 0 spiro atoms. The highest BCUT2D eigenvalue weighted by atomic mass is 35.5. The molecule has 3 aromatic rings. The monoisotopic (exact) mass is 441 g/mol. The Labute approximate surface area is 184 Å². The van der Waals surface area contributed by atoms with Crippen molar-refractivity contribution < 1.29 is 4.74 Å². The number of ether oxygens (including phenoxy) is 1. The van der Waals surface area contributed by atoms with E-state index < -0.39 is 0 Å². The van der Waals surface area contributed by atoms with Gasteiger partial charge in [0.1, 0.15) is 23.9 Å². The van der Waals surface area contributed by atoms with E-state index in [9.17, 15) is 9.59 Å². The van der Waals surface area contributed by atoms with Crippen LogP contribution in [0, 0.1) is 0 Å². The molecule has 9 heteroatoms.